The predicted octanol–water partition coefficient (Wildman–Crippen LogP) is -0.250. The Balaban J connectivity index is 1.52. The Bertz CT molecular complexity index is 1280. The quantitative estimate of drug-likeness (QED) is 0.466. The minimum absolute atomic E-state index is 0.0381. The van der Waals surface area contributed by atoms with Crippen LogP contribution in [0.4, 0.5) is 0 Å². The van der Waals surface area contributed by atoms with Crippen LogP contribution < -0.4 is 16.0 Å². The molecule has 0 radical (unpaired) electrons. The van der Waals surface area contributed by atoms with Crippen LogP contribution in [0.15, 0.2) is 59.5 Å². The lowest BCUT2D eigenvalue weighted by Crippen LogP contribution is -2.50. The van der Waals surface area contributed by atoms with E-state index in [0.29, 0.717) is 10.9 Å². The number of rotatable bonds is 6. The molecule has 29 heavy (non-hydrogen) atoms. The minimum atomic E-state index is -1.42. The Morgan fingerprint density at radius 1 is 1.10 bits per heavy atom. The summed E-state index contributed by atoms with van der Waals surface area (Å²) in [6, 6.07) is 12.8. The summed E-state index contributed by atoms with van der Waals surface area (Å²) >= 11 is 0. The van der Waals surface area contributed by atoms with E-state index in [1.54, 1.807) is 30.5 Å². The Morgan fingerprint density at radius 3 is 2.62 bits per heavy atom. The predicted molar refractivity (Wildman–Crippen MR) is 103 cm³/mol. The Kier molecular flexibility index (Phi) is 4.78. The van der Waals surface area contributed by atoms with Crippen molar-refractivity contribution in [3.63, 3.8) is 0 Å². The van der Waals surface area contributed by atoms with Gasteiger partial charge in [-0.2, -0.15) is 0 Å². The summed E-state index contributed by atoms with van der Waals surface area (Å²) in [4.78, 5) is 39.4. The maximum Gasteiger partial charge on any atom is 0.278 e. The first-order chi connectivity index (χ1) is 14.0. The molecule has 4 rings (SSSR count). The molecule has 0 unspecified atom stereocenters. The van der Waals surface area contributed by atoms with Crippen molar-refractivity contribution < 1.29 is 14.7 Å². The van der Waals surface area contributed by atoms with E-state index in [1.165, 1.54) is 0 Å². The summed E-state index contributed by atoms with van der Waals surface area (Å²) in [5.74, 6) is -2.09. The average molecular weight is 390 g/mol. The number of carboxylic acid groups (broad SMARTS) is 1. The number of aromatic nitrogens is 4. The SMILES string of the molecule is O=C(Cn1nnc2ccccc2c1=O)N[C@@H](Cc1c[nH]c2ccccc12)C(=O)[O-]. The maximum absolute atomic E-state index is 12.4. The molecular weight excluding hydrogens is 374 g/mol. The number of carboxylic acids is 1. The minimum Gasteiger partial charge on any atom is -0.548 e. The maximum atomic E-state index is 12.4. The molecule has 9 nitrogen and oxygen atoms in total. The summed E-state index contributed by atoms with van der Waals surface area (Å²) in [7, 11) is 0. The molecule has 2 aromatic heterocycles. The van der Waals surface area contributed by atoms with Gasteiger partial charge in [0, 0.05) is 23.5 Å². The number of nitrogens with one attached hydrogen (secondary N) is 2. The van der Waals surface area contributed by atoms with Crippen molar-refractivity contribution in [2.45, 2.75) is 19.0 Å². The third-order valence-electron chi connectivity index (χ3n) is 4.64. The van der Waals surface area contributed by atoms with E-state index in [9.17, 15) is 19.5 Å². The molecule has 0 saturated carbocycles. The van der Waals surface area contributed by atoms with Gasteiger partial charge in [-0.1, -0.05) is 35.5 Å². The van der Waals surface area contributed by atoms with Crippen LogP contribution in [0.25, 0.3) is 21.8 Å². The summed E-state index contributed by atoms with van der Waals surface area (Å²) in [5.41, 5.74) is 1.54. The van der Waals surface area contributed by atoms with Crippen LogP contribution in [0.5, 0.6) is 0 Å². The monoisotopic (exact) mass is 390 g/mol. The molecule has 0 aliphatic heterocycles. The zero-order chi connectivity index (χ0) is 20.4. The highest BCUT2D eigenvalue weighted by atomic mass is 16.4. The number of hydrogen-bond donors (Lipinski definition) is 2. The van der Waals surface area contributed by atoms with Gasteiger partial charge in [0.1, 0.15) is 12.1 Å². The number of amides is 1. The third kappa shape index (κ3) is 3.70. The highest BCUT2D eigenvalue weighted by molar-refractivity contribution is 5.86. The molecule has 0 aliphatic rings. The van der Waals surface area contributed by atoms with Crippen LogP contribution in [0.1, 0.15) is 5.56 Å². The summed E-state index contributed by atoms with van der Waals surface area (Å²) in [6.45, 7) is -0.450. The number of carbonyl (C=O) groups is 2. The van der Waals surface area contributed by atoms with Crippen molar-refractivity contribution in [2.24, 2.45) is 0 Å². The van der Waals surface area contributed by atoms with Crippen LogP contribution in [0, 0.1) is 0 Å². The number of benzene rings is 2. The fraction of sp³-hybridized carbons (Fsp3) is 0.150. The Labute approximate surface area is 164 Å². The third-order valence-corrected chi connectivity index (χ3v) is 4.64. The van der Waals surface area contributed by atoms with Gasteiger partial charge in [-0.3, -0.25) is 9.59 Å². The number of aromatic amines is 1. The molecule has 9 heteroatoms. The van der Waals surface area contributed by atoms with E-state index >= 15 is 0 Å². The van der Waals surface area contributed by atoms with Crippen molar-refractivity contribution >= 4 is 33.7 Å². The molecule has 1 amide bonds. The molecule has 4 aromatic rings. The van der Waals surface area contributed by atoms with E-state index in [0.717, 1.165) is 21.1 Å². The van der Waals surface area contributed by atoms with E-state index in [1.807, 2.05) is 24.3 Å². The number of para-hydroxylation sites is 1. The van der Waals surface area contributed by atoms with Crippen molar-refractivity contribution in [1.29, 1.82) is 0 Å². The second-order valence-corrected chi connectivity index (χ2v) is 6.57. The van der Waals surface area contributed by atoms with Gasteiger partial charge < -0.3 is 20.2 Å². The Hall–Kier alpha value is -4.01. The van der Waals surface area contributed by atoms with Gasteiger partial charge in [0.2, 0.25) is 5.91 Å². The molecule has 0 spiro atoms. The van der Waals surface area contributed by atoms with E-state index < -0.39 is 30.0 Å². The fourth-order valence-corrected chi connectivity index (χ4v) is 3.22. The smallest absolute Gasteiger partial charge is 0.278 e. The van der Waals surface area contributed by atoms with Gasteiger partial charge in [-0.05, 0) is 23.8 Å². The largest absolute Gasteiger partial charge is 0.548 e. The number of nitrogens with zero attached hydrogens (tertiary/aromatic N) is 3. The van der Waals surface area contributed by atoms with Crippen LogP contribution >= 0.6 is 0 Å². The summed E-state index contributed by atoms with van der Waals surface area (Å²) < 4.78 is 0.899. The van der Waals surface area contributed by atoms with E-state index in [4.69, 9.17) is 0 Å². The van der Waals surface area contributed by atoms with Crippen LogP contribution in [0.3, 0.4) is 0 Å². The van der Waals surface area contributed by atoms with Gasteiger partial charge in [-0.15, -0.1) is 5.10 Å². The number of H-pyrrole nitrogens is 1. The molecule has 146 valence electrons. The number of fused-ring (bicyclic) bond motifs is 2. The highest BCUT2D eigenvalue weighted by Crippen LogP contribution is 2.19. The number of carbonyl (C=O) groups excluding carboxylic acids is 2. The molecule has 2 heterocycles. The molecule has 0 aliphatic carbocycles. The molecule has 0 saturated heterocycles. The second-order valence-electron chi connectivity index (χ2n) is 6.57. The molecule has 0 fully saturated rings. The lowest BCUT2D eigenvalue weighted by molar-refractivity contribution is -0.308. The molecule has 2 N–H and O–H groups in total. The van der Waals surface area contributed by atoms with Gasteiger partial charge in [0.15, 0.2) is 0 Å². The molecule has 1 atom stereocenters. The first kappa shape index (κ1) is 18.4. The number of hydrogen-bond acceptors (Lipinski definition) is 6. The zero-order valence-electron chi connectivity index (χ0n) is 15.2. The Morgan fingerprint density at radius 2 is 1.83 bits per heavy atom. The summed E-state index contributed by atoms with van der Waals surface area (Å²) in [5, 5.41) is 22.8. The van der Waals surface area contributed by atoms with E-state index in [2.05, 4.69) is 20.6 Å². The normalized spacial score (nSPS) is 12.1. The van der Waals surface area contributed by atoms with Crippen molar-refractivity contribution in [3.8, 4) is 0 Å². The van der Waals surface area contributed by atoms with Gasteiger partial charge in [-0.25, -0.2) is 4.68 Å². The lowest BCUT2D eigenvalue weighted by Gasteiger charge is -2.19. The van der Waals surface area contributed by atoms with Gasteiger partial charge in [0.25, 0.3) is 5.56 Å². The molecule has 2 aromatic carbocycles. The van der Waals surface area contributed by atoms with E-state index in [-0.39, 0.29) is 6.42 Å². The van der Waals surface area contributed by atoms with Gasteiger partial charge >= 0.3 is 0 Å². The zero-order valence-corrected chi connectivity index (χ0v) is 15.2. The van der Waals surface area contributed by atoms with Gasteiger partial charge in [0.05, 0.1) is 17.4 Å². The highest BCUT2D eigenvalue weighted by Gasteiger charge is 2.18. The summed E-state index contributed by atoms with van der Waals surface area (Å²) in [6.07, 6.45) is 1.74. The standard InChI is InChI=1S/C20H17N5O4/c26-18(11-25-19(27)14-6-2-4-8-16(14)23-24-25)22-17(20(28)29)9-12-10-21-15-7-3-1-5-13(12)15/h1-8,10,17,21H,9,11H2,(H,22,26)(H,28,29)/p-1/t17-/m0/s1. The van der Waals surface area contributed by atoms with Crippen LogP contribution in [-0.4, -0.2) is 37.9 Å². The van der Waals surface area contributed by atoms with Crippen molar-refractivity contribution in [3.05, 3.63) is 70.6 Å². The fourth-order valence-electron chi connectivity index (χ4n) is 3.22. The van der Waals surface area contributed by atoms with Crippen LogP contribution in [-0.2, 0) is 22.6 Å². The van der Waals surface area contributed by atoms with Crippen LogP contribution in [0.2, 0.25) is 0 Å². The second kappa shape index (κ2) is 7.55. The van der Waals surface area contributed by atoms with Crippen molar-refractivity contribution in [2.75, 3.05) is 0 Å². The topological polar surface area (TPSA) is 133 Å². The first-order valence-corrected chi connectivity index (χ1v) is 8.90. The molecular formula is C20H16N5O4-. The number of aliphatic carboxylic acids is 1. The molecule has 0 bridgehead atoms. The van der Waals surface area contributed by atoms with Crippen molar-refractivity contribution in [1.82, 2.24) is 25.3 Å². The first-order valence-electron chi connectivity index (χ1n) is 8.90. The average Bonchev–Trinajstić information content (AvgIpc) is 3.13. The lowest BCUT2D eigenvalue weighted by atomic mass is 10.1.